The highest BCUT2D eigenvalue weighted by molar-refractivity contribution is 5.82. The number of hydrogen-bond donors (Lipinski definition) is 0. The molecular formula is C22H27N3O4. The van der Waals surface area contributed by atoms with Crippen LogP contribution in [0.15, 0.2) is 41.0 Å². The van der Waals surface area contributed by atoms with Crippen molar-refractivity contribution < 1.29 is 19.0 Å². The summed E-state index contributed by atoms with van der Waals surface area (Å²) in [6.07, 6.45) is 6.10. The van der Waals surface area contributed by atoms with Crippen LogP contribution < -0.4 is 0 Å². The Bertz CT molecular complexity index is 862. The highest BCUT2D eigenvalue weighted by Crippen LogP contribution is 2.36. The Hall–Kier alpha value is -2.96. The van der Waals surface area contributed by atoms with Gasteiger partial charge in [-0.2, -0.15) is 0 Å². The summed E-state index contributed by atoms with van der Waals surface area (Å²) >= 11 is 0. The van der Waals surface area contributed by atoms with Gasteiger partial charge in [-0.1, -0.05) is 52.8 Å². The van der Waals surface area contributed by atoms with E-state index in [1.807, 2.05) is 42.5 Å². The predicted molar refractivity (Wildman–Crippen MR) is 108 cm³/mol. The lowest BCUT2D eigenvalue weighted by Crippen LogP contribution is -2.50. The monoisotopic (exact) mass is 397 g/mol. The van der Waals surface area contributed by atoms with Gasteiger partial charge in [0.2, 0.25) is 5.91 Å². The van der Waals surface area contributed by atoms with Gasteiger partial charge < -0.3 is 9.64 Å². The fourth-order valence-corrected chi connectivity index (χ4v) is 3.70. The SMILES string of the molecule is CCOC(=O)[C@]1(C/C=C/c2ccccc2)CCCN(C(=O)Cc2nonc2C)C1. The molecule has 2 heterocycles. The molecular weight excluding hydrogens is 370 g/mol. The summed E-state index contributed by atoms with van der Waals surface area (Å²) in [4.78, 5) is 27.4. The van der Waals surface area contributed by atoms with Crippen LogP contribution in [0.5, 0.6) is 0 Å². The maximum atomic E-state index is 12.9. The number of carbonyl (C=O) groups is 2. The standard InChI is InChI=1S/C22H27N3O4/c1-3-28-21(27)22(12-7-11-18-9-5-4-6-10-18)13-8-14-25(16-22)20(26)15-19-17(2)23-29-24-19/h4-7,9-11H,3,8,12-16H2,1-2H3/b11-7+/t22-/m1/s1. The van der Waals surface area contributed by atoms with Gasteiger partial charge in [-0.05, 0) is 38.7 Å². The van der Waals surface area contributed by atoms with Crippen LogP contribution in [0, 0.1) is 12.3 Å². The number of nitrogens with zero attached hydrogens (tertiary/aromatic N) is 3. The van der Waals surface area contributed by atoms with E-state index in [1.165, 1.54) is 0 Å². The molecule has 0 unspecified atom stereocenters. The number of carbonyl (C=O) groups excluding carboxylic acids is 2. The van der Waals surface area contributed by atoms with Crippen LogP contribution >= 0.6 is 0 Å². The summed E-state index contributed by atoms with van der Waals surface area (Å²) in [7, 11) is 0. The van der Waals surface area contributed by atoms with E-state index in [-0.39, 0.29) is 18.3 Å². The average Bonchev–Trinajstić information content (AvgIpc) is 3.13. The number of amides is 1. The van der Waals surface area contributed by atoms with Crippen molar-refractivity contribution in [2.75, 3.05) is 19.7 Å². The smallest absolute Gasteiger partial charge is 0.314 e. The summed E-state index contributed by atoms with van der Waals surface area (Å²) in [5.74, 6) is -0.321. The zero-order valence-electron chi connectivity index (χ0n) is 17.0. The molecule has 0 saturated carbocycles. The van der Waals surface area contributed by atoms with Crippen LogP contribution in [-0.2, 0) is 20.7 Å². The van der Waals surface area contributed by atoms with Crippen molar-refractivity contribution in [3.8, 4) is 0 Å². The van der Waals surface area contributed by atoms with Gasteiger partial charge in [0.1, 0.15) is 11.4 Å². The second-order valence-corrected chi connectivity index (χ2v) is 7.41. The van der Waals surface area contributed by atoms with Gasteiger partial charge in [0, 0.05) is 13.1 Å². The predicted octanol–water partition coefficient (Wildman–Crippen LogP) is 3.20. The lowest BCUT2D eigenvalue weighted by Gasteiger charge is -2.40. The topological polar surface area (TPSA) is 85.5 Å². The zero-order chi connectivity index (χ0) is 20.7. The Morgan fingerprint density at radius 2 is 2.07 bits per heavy atom. The zero-order valence-corrected chi connectivity index (χ0v) is 17.0. The Balaban J connectivity index is 1.74. The Labute approximate surface area is 170 Å². The number of aryl methyl sites for hydroxylation is 1. The minimum Gasteiger partial charge on any atom is -0.466 e. The Kier molecular flexibility index (Phi) is 6.80. The van der Waals surface area contributed by atoms with Crippen molar-refractivity contribution in [3.63, 3.8) is 0 Å². The van der Waals surface area contributed by atoms with Gasteiger partial charge in [-0.15, -0.1) is 0 Å². The first-order chi connectivity index (χ1) is 14.0. The van der Waals surface area contributed by atoms with E-state index in [0.717, 1.165) is 12.0 Å². The molecule has 1 saturated heterocycles. The molecule has 1 atom stereocenters. The second kappa shape index (κ2) is 9.49. The molecule has 0 bridgehead atoms. The van der Waals surface area contributed by atoms with E-state index in [0.29, 0.717) is 43.9 Å². The molecule has 2 aromatic rings. The maximum Gasteiger partial charge on any atom is 0.314 e. The third-order valence-corrected chi connectivity index (χ3v) is 5.32. The number of hydrogen-bond acceptors (Lipinski definition) is 6. The quantitative estimate of drug-likeness (QED) is 0.667. The number of benzene rings is 1. The second-order valence-electron chi connectivity index (χ2n) is 7.41. The summed E-state index contributed by atoms with van der Waals surface area (Å²) in [6.45, 7) is 4.84. The van der Waals surface area contributed by atoms with Gasteiger partial charge in [0.15, 0.2) is 0 Å². The van der Waals surface area contributed by atoms with E-state index in [9.17, 15) is 9.59 Å². The maximum absolute atomic E-state index is 12.9. The van der Waals surface area contributed by atoms with Gasteiger partial charge in [-0.3, -0.25) is 9.59 Å². The van der Waals surface area contributed by atoms with Crippen molar-refractivity contribution >= 4 is 18.0 Å². The fourth-order valence-electron chi connectivity index (χ4n) is 3.70. The molecule has 0 N–H and O–H groups in total. The molecule has 7 nitrogen and oxygen atoms in total. The number of esters is 1. The molecule has 29 heavy (non-hydrogen) atoms. The van der Waals surface area contributed by atoms with Crippen LogP contribution in [-0.4, -0.2) is 46.8 Å². The number of rotatable bonds is 7. The summed E-state index contributed by atoms with van der Waals surface area (Å²) in [5.41, 5.74) is 1.49. The van der Waals surface area contributed by atoms with Crippen LogP contribution in [0.4, 0.5) is 0 Å². The third kappa shape index (κ3) is 5.10. The normalized spacial score (nSPS) is 19.4. The van der Waals surface area contributed by atoms with Gasteiger partial charge in [0.05, 0.1) is 18.4 Å². The fraction of sp³-hybridized carbons (Fsp3) is 0.455. The molecule has 1 aromatic heterocycles. The van der Waals surface area contributed by atoms with Crippen molar-refractivity contribution in [3.05, 3.63) is 53.4 Å². The molecule has 3 rings (SSSR count). The van der Waals surface area contributed by atoms with Crippen molar-refractivity contribution in [2.45, 2.75) is 39.5 Å². The van der Waals surface area contributed by atoms with E-state index < -0.39 is 5.41 Å². The molecule has 7 heteroatoms. The molecule has 1 fully saturated rings. The number of piperidine rings is 1. The summed E-state index contributed by atoms with van der Waals surface area (Å²) in [6, 6.07) is 9.94. The first-order valence-electron chi connectivity index (χ1n) is 9.99. The highest BCUT2D eigenvalue weighted by Gasteiger charge is 2.43. The van der Waals surface area contributed by atoms with Crippen LogP contribution in [0.25, 0.3) is 6.08 Å². The van der Waals surface area contributed by atoms with Crippen molar-refractivity contribution in [2.24, 2.45) is 5.41 Å². The van der Waals surface area contributed by atoms with Gasteiger partial charge in [-0.25, -0.2) is 4.63 Å². The molecule has 0 radical (unpaired) electrons. The highest BCUT2D eigenvalue weighted by atomic mass is 16.6. The number of aromatic nitrogens is 2. The summed E-state index contributed by atoms with van der Waals surface area (Å²) in [5, 5.41) is 7.52. The minimum atomic E-state index is -0.730. The summed E-state index contributed by atoms with van der Waals surface area (Å²) < 4.78 is 10.1. The molecule has 1 amide bonds. The molecule has 1 aromatic carbocycles. The first-order valence-corrected chi connectivity index (χ1v) is 9.99. The van der Waals surface area contributed by atoms with Gasteiger partial charge >= 0.3 is 5.97 Å². The third-order valence-electron chi connectivity index (χ3n) is 5.32. The largest absolute Gasteiger partial charge is 0.466 e. The van der Waals surface area contributed by atoms with E-state index in [1.54, 1.807) is 18.7 Å². The molecule has 1 aliphatic heterocycles. The van der Waals surface area contributed by atoms with E-state index in [4.69, 9.17) is 4.74 Å². The molecule has 0 spiro atoms. The lowest BCUT2D eigenvalue weighted by molar-refractivity contribution is -0.160. The van der Waals surface area contributed by atoms with E-state index >= 15 is 0 Å². The van der Waals surface area contributed by atoms with Crippen LogP contribution in [0.1, 0.15) is 43.1 Å². The number of allylic oxidation sites excluding steroid dienone is 1. The number of likely N-dealkylation sites (tertiary alicyclic amines) is 1. The molecule has 0 aliphatic carbocycles. The van der Waals surface area contributed by atoms with Crippen LogP contribution in [0.2, 0.25) is 0 Å². The van der Waals surface area contributed by atoms with E-state index in [2.05, 4.69) is 14.9 Å². The Morgan fingerprint density at radius 3 is 2.76 bits per heavy atom. The lowest BCUT2D eigenvalue weighted by atomic mass is 9.76. The Morgan fingerprint density at radius 1 is 1.28 bits per heavy atom. The van der Waals surface area contributed by atoms with Crippen LogP contribution in [0.3, 0.4) is 0 Å². The van der Waals surface area contributed by atoms with Crippen molar-refractivity contribution in [1.82, 2.24) is 15.2 Å². The molecule has 154 valence electrons. The minimum absolute atomic E-state index is 0.0794. The van der Waals surface area contributed by atoms with Gasteiger partial charge in [0.25, 0.3) is 0 Å². The average molecular weight is 397 g/mol. The molecule has 1 aliphatic rings. The van der Waals surface area contributed by atoms with Crippen molar-refractivity contribution in [1.29, 1.82) is 0 Å². The first kappa shape index (κ1) is 20.8. The number of ether oxygens (including phenoxy) is 1.